The molecule has 1 heterocycles. The number of primary amides is 1. The Kier molecular flexibility index (Phi) is 19.4. The van der Waals surface area contributed by atoms with Crippen LogP contribution in [-0.4, -0.2) is 115 Å². The Morgan fingerprint density at radius 1 is 0.964 bits per heavy atom. The summed E-state index contributed by atoms with van der Waals surface area (Å²) in [4.78, 5) is 82.5. The molecule has 310 valence electrons. The van der Waals surface area contributed by atoms with E-state index in [1.807, 2.05) is 46.4 Å². The maximum Gasteiger partial charge on any atom is 0.410 e. The molecule has 1 fully saturated rings. The Bertz CT molecular complexity index is 1420. The standard InChI is InChI=1S/C40H67N7O8/c1-11-27(6)36(31(54-10)23-33(49)47-22-14-15-28(47)7)45(8)38(51)34(25(2)3)44-37(50)35(26(4)5)46(9)40(53)55-24-29-17-19-30(20-18-29)43-32(48)16-12-13-21-42-39(41)52/h17-20,25-28,31,34-36H,11-16,21-24H2,1-10H3,(H,43,48)(H,44,50)(H3,41,42,52)/t27-,28+,31+,34-,35-,36-/m0/s1. The minimum absolute atomic E-state index is 0.00000665. The Balaban J connectivity index is 2.07. The summed E-state index contributed by atoms with van der Waals surface area (Å²) in [5.41, 5.74) is 6.30. The van der Waals surface area contributed by atoms with E-state index in [1.54, 1.807) is 43.3 Å². The lowest BCUT2D eigenvalue weighted by Crippen LogP contribution is -2.60. The number of likely N-dealkylation sites (N-methyl/N-ethyl adjacent to an activating group) is 2. The van der Waals surface area contributed by atoms with Crippen molar-refractivity contribution >= 4 is 41.4 Å². The van der Waals surface area contributed by atoms with Crippen molar-refractivity contribution in [3.05, 3.63) is 29.8 Å². The minimum atomic E-state index is -0.937. The topological polar surface area (TPSA) is 193 Å². The Morgan fingerprint density at radius 2 is 1.62 bits per heavy atom. The van der Waals surface area contributed by atoms with Crippen molar-refractivity contribution in [3.8, 4) is 0 Å². The number of anilines is 1. The monoisotopic (exact) mass is 774 g/mol. The van der Waals surface area contributed by atoms with Gasteiger partial charge in [0.25, 0.3) is 0 Å². The molecule has 15 heteroatoms. The number of unbranched alkanes of at least 4 members (excludes halogenated alkanes) is 1. The first kappa shape index (κ1) is 46.8. The maximum atomic E-state index is 14.2. The van der Waals surface area contributed by atoms with E-state index < -0.39 is 42.3 Å². The number of hydrogen-bond donors (Lipinski definition) is 4. The number of ether oxygens (including phenoxy) is 2. The second-order valence-electron chi connectivity index (χ2n) is 15.5. The summed E-state index contributed by atoms with van der Waals surface area (Å²) >= 11 is 0. The number of nitrogens with zero attached hydrogens (tertiary/aromatic N) is 3. The highest BCUT2D eigenvalue weighted by Gasteiger charge is 2.40. The molecule has 5 N–H and O–H groups in total. The van der Waals surface area contributed by atoms with Crippen LogP contribution in [0.1, 0.15) is 99.0 Å². The first-order chi connectivity index (χ1) is 25.9. The van der Waals surface area contributed by atoms with Gasteiger partial charge in [-0.25, -0.2) is 9.59 Å². The van der Waals surface area contributed by atoms with Gasteiger partial charge in [-0.05, 0) is 68.1 Å². The van der Waals surface area contributed by atoms with Crippen molar-refractivity contribution in [2.24, 2.45) is 23.5 Å². The van der Waals surface area contributed by atoms with Gasteiger partial charge in [0.15, 0.2) is 0 Å². The Morgan fingerprint density at radius 3 is 2.15 bits per heavy atom. The van der Waals surface area contributed by atoms with E-state index in [2.05, 4.69) is 22.9 Å². The molecule has 1 aromatic carbocycles. The first-order valence-electron chi connectivity index (χ1n) is 19.6. The van der Waals surface area contributed by atoms with Crippen molar-refractivity contribution in [1.29, 1.82) is 0 Å². The molecule has 2 rings (SSSR count). The van der Waals surface area contributed by atoms with Gasteiger partial charge in [0.1, 0.15) is 18.7 Å². The van der Waals surface area contributed by atoms with E-state index in [0.29, 0.717) is 30.6 Å². The minimum Gasteiger partial charge on any atom is -0.445 e. The Labute approximate surface area is 327 Å². The van der Waals surface area contributed by atoms with Crippen LogP contribution in [0, 0.1) is 17.8 Å². The number of hydrogen-bond acceptors (Lipinski definition) is 8. The van der Waals surface area contributed by atoms with Crippen molar-refractivity contribution in [2.75, 3.05) is 39.6 Å². The number of carbonyl (C=O) groups excluding carboxylic acids is 6. The number of urea groups is 1. The molecule has 0 saturated carbocycles. The van der Waals surface area contributed by atoms with E-state index in [9.17, 15) is 28.8 Å². The van der Waals surface area contributed by atoms with Crippen LogP contribution in [0.15, 0.2) is 24.3 Å². The van der Waals surface area contributed by atoms with E-state index >= 15 is 0 Å². The molecule has 55 heavy (non-hydrogen) atoms. The lowest BCUT2D eigenvalue weighted by Gasteiger charge is -2.40. The van der Waals surface area contributed by atoms with Gasteiger partial charge in [0.05, 0.1) is 18.6 Å². The second kappa shape index (κ2) is 22.9. The fraction of sp³-hybridized carbons (Fsp3) is 0.700. The number of nitrogens with two attached hydrogens (primary N) is 1. The lowest BCUT2D eigenvalue weighted by molar-refractivity contribution is -0.146. The maximum absolute atomic E-state index is 14.2. The van der Waals surface area contributed by atoms with Crippen LogP contribution in [0.2, 0.25) is 0 Å². The third-order valence-electron chi connectivity index (χ3n) is 10.5. The molecule has 7 amide bonds. The van der Waals surface area contributed by atoms with Gasteiger partial charge in [0, 0.05) is 52.4 Å². The van der Waals surface area contributed by atoms with Crippen LogP contribution >= 0.6 is 0 Å². The van der Waals surface area contributed by atoms with Crippen LogP contribution in [-0.2, 0) is 35.3 Å². The number of likely N-dealkylation sites (tertiary alicyclic amines) is 1. The summed E-state index contributed by atoms with van der Waals surface area (Å²) in [6, 6.07) is 4.18. The van der Waals surface area contributed by atoms with Crippen molar-refractivity contribution in [2.45, 2.75) is 130 Å². The van der Waals surface area contributed by atoms with Crippen LogP contribution in [0.4, 0.5) is 15.3 Å². The molecule has 0 unspecified atom stereocenters. The molecule has 1 aliphatic rings. The van der Waals surface area contributed by atoms with Crippen LogP contribution in [0.3, 0.4) is 0 Å². The predicted molar refractivity (Wildman–Crippen MR) is 212 cm³/mol. The summed E-state index contributed by atoms with van der Waals surface area (Å²) in [6.45, 7) is 14.5. The molecule has 0 aliphatic carbocycles. The summed E-state index contributed by atoms with van der Waals surface area (Å²) in [5.74, 6) is -1.54. The fourth-order valence-electron chi connectivity index (χ4n) is 7.11. The normalized spacial score (nSPS) is 16.8. The van der Waals surface area contributed by atoms with Gasteiger partial charge in [-0.15, -0.1) is 0 Å². The number of benzene rings is 1. The summed E-state index contributed by atoms with van der Waals surface area (Å²) in [6.07, 6.45) is 3.08. The Hall–Kier alpha value is -4.40. The van der Waals surface area contributed by atoms with Gasteiger partial charge in [-0.1, -0.05) is 60.1 Å². The molecule has 1 aromatic rings. The number of methoxy groups -OCH3 is 1. The highest BCUT2D eigenvalue weighted by Crippen LogP contribution is 2.26. The largest absolute Gasteiger partial charge is 0.445 e. The number of carbonyl (C=O) groups is 6. The van der Waals surface area contributed by atoms with E-state index in [1.165, 1.54) is 11.9 Å². The van der Waals surface area contributed by atoms with E-state index in [4.69, 9.17) is 15.2 Å². The molecular formula is C40H67N7O8. The van der Waals surface area contributed by atoms with Crippen molar-refractivity contribution in [1.82, 2.24) is 25.3 Å². The molecule has 0 spiro atoms. The lowest BCUT2D eigenvalue weighted by atomic mass is 9.89. The van der Waals surface area contributed by atoms with E-state index in [-0.39, 0.29) is 61.0 Å². The zero-order valence-corrected chi connectivity index (χ0v) is 34.7. The number of amides is 7. The molecule has 6 atom stereocenters. The molecule has 0 bridgehead atoms. The van der Waals surface area contributed by atoms with Crippen LogP contribution in [0.25, 0.3) is 0 Å². The van der Waals surface area contributed by atoms with Crippen molar-refractivity contribution < 1.29 is 38.2 Å². The zero-order chi connectivity index (χ0) is 41.4. The fourth-order valence-corrected chi connectivity index (χ4v) is 7.11. The van der Waals surface area contributed by atoms with Gasteiger partial charge in [-0.2, -0.15) is 0 Å². The van der Waals surface area contributed by atoms with Gasteiger partial charge in [0.2, 0.25) is 23.6 Å². The molecule has 1 aliphatic heterocycles. The van der Waals surface area contributed by atoms with Crippen molar-refractivity contribution in [3.63, 3.8) is 0 Å². The smallest absolute Gasteiger partial charge is 0.410 e. The highest BCUT2D eigenvalue weighted by molar-refractivity contribution is 5.92. The third-order valence-corrected chi connectivity index (χ3v) is 10.5. The highest BCUT2D eigenvalue weighted by atomic mass is 16.6. The molecule has 0 aromatic heterocycles. The van der Waals surface area contributed by atoms with E-state index in [0.717, 1.165) is 25.8 Å². The summed E-state index contributed by atoms with van der Waals surface area (Å²) in [7, 11) is 4.76. The molecular weight excluding hydrogens is 706 g/mol. The predicted octanol–water partition coefficient (Wildman–Crippen LogP) is 4.49. The molecule has 1 saturated heterocycles. The quantitative estimate of drug-likeness (QED) is 0.131. The summed E-state index contributed by atoms with van der Waals surface area (Å²) in [5, 5.41) is 8.24. The molecule has 15 nitrogen and oxygen atoms in total. The molecule has 0 radical (unpaired) electrons. The average Bonchev–Trinajstić information content (AvgIpc) is 3.57. The van der Waals surface area contributed by atoms with Gasteiger partial charge < -0.3 is 41.0 Å². The number of rotatable bonds is 21. The SMILES string of the molecule is CC[C@H](C)[C@@H]([C@@H](CC(=O)N1CCC[C@H]1C)OC)N(C)C(=O)[C@@H](NC(=O)[C@H](C(C)C)N(C)C(=O)OCc1ccc(NC(=O)CCCCNC(N)=O)cc1)C(C)C. The van der Waals surface area contributed by atoms with Crippen LogP contribution in [0.5, 0.6) is 0 Å². The summed E-state index contributed by atoms with van der Waals surface area (Å²) < 4.78 is 11.5. The van der Waals surface area contributed by atoms with Gasteiger partial charge in [-0.3, -0.25) is 24.1 Å². The number of nitrogens with one attached hydrogen (secondary N) is 3. The zero-order valence-electron chi connectivity index (χ0n) is 34.7. The second-order valence-corrected chi connectivity index (χ2v) is 15.5. The van der Waals surface area contributed by atoms with Crippen LogP contribution < -0.4 is 21.7 Å². The first-order valence-corrected chi connectivity index (χ1v) is 19.6. The average molecular weight is 774 g/mol. The van der Waals surface area contributed by atoms with Gasteiger partial charge >= 0.3 is 12.1 Å². The third kappa shape index (κ3) is 14.3.